The molecule has 0 unspecified atom stereocenters. The summed E-state index contributed by atoms with van der Waals surface area (Å²) < 4.78 is 5.78. The zero-order chi connectivity index (χ0) is 23.7. The number of benzene rings is 2. The molecule has 0 fully saturated rings. The normalized spacial score (nSPS) is 12.2. The predicted octanol–water partition coefficient (Wildman–Crippen LogP) is 4.75. The average molecular weight is 440 g/mol. The maximum absolute atomic E-state index is 12.6. The summed E-state index contributed by atoms with van der Waals surface area (Å²) in [6, 6.07) is 12.9. The van der Waals surface area contributed by atoms with Crippen molar-refractivity contribution in [1.29, 1.82) is 0 Å². The fourth-order valence-corrected chi connectivity index (χ4v) is 3.18. The Labute approximate surface area is 186 Å². The summed E-state index contributed by atoms with van der Waals surface area (Å²) in [5.41, 5.74) is 2.72. The molecule has 170 valence electrons. The Morgan fingerprint density at radius 2 is 1.69 bits per heavy atom. The number of ether oxygens (including phenoxy) is 1. The zero-order valence-corrected chi connectivity index (χ0v) is 18.3. The van der Waals surface area contributed by atoms with Crippen LogP contribution < -0.4 is 10.8 Å². The highest BCUT2D eigenvalue weighted by Gasteiger charge is 2.34. The fourth-order valence-electron chi connectivity index (χ4n) is 3.18. The summed E-state index contributed by atoms with van der Waals surface area (Å²) in [7, 11) is 0. The topological polar surface area (TPSA) is 125 Å². The number of phenolic OH excluding ortho intramolecular Hbond substituents is 1. The Bertz CT molecular complexity index is 965. The molecule has 2 amide bonds. The minimum atomic E-state index is -0.665. The molecule has 0 saturated heterocycles. The van der Waals surface area contributed by atoms with Crippen LogP contribution in [-0.2, 0) is 9.53 Å². The molecule has 0 aliphatic carbocycles. The Balaban J connectivity index is 2.16. The van der Waals surface area contributed by atoms with Crippen LogP contribution in [0.3, 0.4) is 0 Å². The van der Waals surface area contributed by atoms with E-state index in [1.807, 2.05) is 13.8 Å². The maximum atomic E-state index is 12.6. The second-order valence-corrected chi connectivity index (χ2v) is 8.04. The second kappa shape index (κ2) is 11.1. The lowest BCUT2D eigenvalue weighted by atomic mass is 9.78. The second-order valence-electron chi connectivity index (χ2n) is 8.04. The molecule has 0 aromatic heterocycles. The van der Waals surface area contributed by atoms with Gasteiger partial charge in [-0.3, -0.25) is 20.1 Å². The lowest BCUT2D eigenvalue weighted by Gasteiger charge is -2.34. The van der Waals surface area contributed by atoms with Crippen LogP contribution in [-0.4, -0.2) is 28.1 Å². The number of hydrogen-bond acceptors (Lipinski definition) is 6. The first-order valence-corrected chi connectivity index (χ1v) is 10.1. The number of carbonyl (C=O) groups excluding carboxylic acids is 3. The van der Waals surface area contributed by atoms with Gasteiger partial charge in [-0.25, -0.2) is 10.3 Å². The average Bonchev–Trinajstić information content (AvgIpc) is 2.76. The number of phenols is 1. The van der Waals surface area contributed by atoms with Crippen molar-refractivity contribution >= 4 is 23.5 Å². The maximum Gasteiger partial charge on any atom is 0.412 e. The number of amides is 2. The number of rotatable bonds is 9. The quantitative estimate of drug-likeness (QED) is 0.193. The Morgan fingerprint density at radius 1 is 1.06 bits per heavy atom. The third kappa shape index (κ3) is 7.24. The van der Waals surface area contributed by atoms with Crippen molar-refractivity contribution < 1.29 is 29.4 Å². The van der Waals surface area contributed by atoms with Gasteiger partial charge in [0.2, 0.25) is 0 Å². The molecular weight excluding hydrogens is 412 g/mol. The standard InChI is InChI=1S/C24H28N2O6/c1-16(27)17-7-11-19(12-8-17)25-23(30)32-22(18-9-13-20(28)14-10-18)24(2,3)15-5-4-6-21(29)26-31/h4,6-14,22,28,31H,5,15H2,1-3H3,(H,25,30)(H,26,29)/b6-4+/t22-/m1/s1. The molecular formula is C24H28N2O6. The van der Waals surface area contributed by atoms with Gasteiger partial charge in [-0.1, -0.05) is 32.1 Å². The molecule has 0 radical (unpaired) electrons. The van der Waals surface area contributed by atoms with Crippen molar-refractivity contribution in [2.75, 3.05) is 5.32 Å². The van der Waals surface area contributed by atoms with Gasteiger partial charge in [0, 0.05) is 22.7 Å². The van der Waals surface area contributed by atoms with Crippen molar-refractivity contribution in [2.24, 2.45) is 5.41 Å². The van der Waals surface area contributed by atoms with Gasteiger partial charge in [0.1, 0.15) is 11.9 Å². The zero-order valence-electron chi connectivity index (χ0n) is 18.3. The molecule has 32 heavy (non-hydrogen) atoms. The monoisotopic (exact) mass is 440 g/mol. The molecule has 0 heterocycles. The van der Waals surface area contributed by atoms with Crippen LogP contribution >= 0.6 is 0 Å². The molecule has 0 aliphatic rings. The van der Waals surface area contributed by atoms with Gasteiger partial charge >= 0.3 is 6.09 Å². The predicted molar refractivity (Wildman–Crippen MR) is 119 cm³/mol. The van der Waals surface area contributed by atoms with E-state index in [2.05, 4.69) is 5.32 Å². The molecule has 2 rings (SSSR count). The molecule has 4 N–H and O–H groups in total. The molecule has 2 aromatic carbocycles. The van der Waals surface area contributed by atoms with Crippen molar-refractivity contribution in [1.82, 2.24) is 5.48 Å². The van der Waals surface area contributed by atoms with Crippen LogP contribution in [0.4, 0.5) is 10.5 Å². The van der Waals surface area contributed by atoms with Gasteiger partial charge < -0.3 is 9.84 Å². The molecule has 2 aromatic rings. The minimum absolute atomic E-state index is 0.0706. The van der Waals surface area contributed by atoms with Crippen LogP contribution in [0.2, 0.25) is 0 Å². The van der Waals surface area contributed by atoms with Crippen LogP contribution in [0.15, 0.2) is 60.7 Å². The van der Waals surface area contributed by atoms with E-state index in [0.717, 1.165) is 0 Å². The van der Waals surface area contributed by atoms with E-state index < -0.39 is 23.5 Å². The van der Waals surface area contributed by atoms with Crippen LogP contribution in [0.25, 0.3) is 0 Å². The number of Topliss-reactive ketones (excluding diaryl/α,β-unsaturated/α-hetero) is 1. The smallest absolute Gasteiger partial charge is 0.412 e. The first-order valence-electron chi connectivity index (χ1n) is 10.1. The van der Waals surface area contributed by atoms with Crippen molar-refractivity contribution in [3.05, 3.63) is 71.8 Å². The Morgan fingerprint density at radius 3 is 2.25 bits per heavy atom. The molecule has 0 spiro atoms. The lowest BCUT2D eigenvalue weighted by molar-refractivity contribution is -0.124. The van der Waals surface area contributed by atoms with Crippen LogP contribution in [0, 0.1) is 5.41 Å². The van der Waals surface area contributed by atoms with E-state index in [-0.39, 0.29) is 11.5 Å². The number of carbonyl (C=O) groups is 3. The lowest BCUT2D eigenvalue weighted by Crippen LogP contribution is -2.29. The van der Waals surface area contributed by atoms with Gasteiger partial charge in [0.15, 0.2) is 5.78 Å². The van der Waals surface area contributed by atoms with E-state index in [9.17, 15) is 19.5 Å². The summed E-state index contributed by atoms with van der Waals surface area (Å²) in [4.78, 5) is 35.2. The van der Waals surface area contributed by atoms with Crippen molar-refractivity contribution in [3.63, 3.8) is 0 Å². The SMILES string of the molecule is CC(=O)c1ccc(NC(=O)O[C@H](c2ccc(O)cc2)C(C)(C)CC/C=C/C(=O)NO)cc1. The molecule has 0 saturated carbocycles. The largest absolute Gasteiger partial charge is 0.508 e. The Kier molecular flexibility index (Phi) is 8.54. The fraction of sp³-hybridized carbons (Fsp3) is 0.292. The van der Waals surface area contributed by atoms with Gasteiger partial charge in [0.05, 0.1) is 0 Å². The third-order valence-corrected chi connectivity index (χ3v) is 5.00. The van der Waals surface area contributed by atoms with Crippen molar-refractivity contribution in [2.45, 2.75) is 39.7 Å². The van der Waals surface area contributed by atoms with E-state index >= 15 is 0 Å². The summed E-state index contributed by atoms with van der Waals surface area (Å²) in [6.07, 6.45) is 2.60. The van der Waals surface area contributed by atoms with Gasteiger partial charge in [-0.2, -0.15) is 0 Å². The minimum Gasteiger partial charge on any atom is -0.508 e. The number of hydroxylamine groups is 1. The van der Waals surface area contributed by atoms with Gasteiger partial charge in [0.25, 0.3) is 5.91 Å². The molecule has 1 atom stereocenters. The summed E-state index contributed by atoms with van der Waals surface area (Å²) >= 11 is 0. The van der Waals surface area contributed by atoms with E-state index in [4.69, 9.17) is 9.94 Å². The highest BCUT2D eigenvalue weighted by Crippen LogP contribution is 2.41. The van der Waals surface area contributed by atoms with E-state index in [1.165, 1.54) is 30.6 Å². The molecule has 0 bridgehead atoms. The summed E-state index contributed by atoms with van der Waals surface area (Å²) in [6.45, 7) is 5.32. The highest BCUT2D eigenvalue weighted by molar-refractivity contribution is 5.95. The van der Waals surface area contributed by atoms with E-state index in [0.29, 0.717) is 29.7 Å². The number of anilines is 1. The van der Waals surface area contributed by atoms with Crippen LogP contribution in [0.5, 0.6) is 5.75 Å². The molecule has 0 aliphatic heterocycles. The highest BCUT2D eigenvalue weighted by atomic mass is 16.6. The summed E-state index contributed by atoms with van der Waals surface area (Å²) in [5.74, 6) is -0.596. The number of nitrogens with one attached hydrogen (secondary N) is 2. The molecule has 8 nitrogen and oxygen atoms in total. The first kappa shape index (κ1) is 24.6. The first-order chi connectivity index (χ1) is 15.1. The van der Waals surface area contributed by atoms with Gasteiger partial charge in [-0.05, 0) is 61.7 Å². The number of aromatic hydroxyl groups is 1. The number of ketones is 1. The number of hydrogen-bond donors (Lipinski definition) is 4. The molecule has 8 heteroatoms. The van der Waals surface area contributed by atoms with Crippen molar-refractivity contribution in [3.8, 4) is 5.75 Å². The third-order valence-electron chi connectivity index (χ3n) is 5.00. The van der Waals surface area contributed by atoms with E-state index in [1.54, 1.807) is 42.5 Å². The van der Waals surface area contributed by atoms with Crippen LogP contribution in [0.1, 0.15) is 55.6 Å². The Hall–Kier alpha value is -3.65. The summed E-state index contributed by atoms with van der Waals surface area (Å²) in [5, 5.41) is 20.8. The van der Waals surface area contributed by atoms with Gasteiger partial charge in [-0.15, -0.1) is 0 Å². The number of allylic oxidation sites excluding steroid dienone is 1.